The molecule has 0 bridgehead atoms. The number of halogens is 1. The molecule has 0 aliphatic carbocycles. The SMILES string of the molecule is CCC[CH2][Na].Cl.OCCOCCO. The number of unbranched alkanes of at least 4 members (excludes halogenated alkanes) is 1. The minimum Gasteiger partial charge on any atom is -0.394 e. The average Bonchev–Trinajstić information content (AvgIpc) is 2.08. The van der Waals surface area contributed by atoms with Crippen LogP contribution in [0.15, 0.2) is 0 Å². The molecule has 0 atom stereocenters. The van der Waals surface area contributed by atoms with Gasteiger partial charge in [-0.1, -0.05) is 0 Å². The van der Waals surface area contributed by atoms with Crippen molar-refractivity contribution < 1.29 is 14.9 Å². The fraction of sp³-hybridized carbons (Fsp3) is 1.00. The molecule has 0 rings (SSSR count). The number of aliphatic hydroxyl groups excluding tert-OH is 2. The molecule has 0 heterocycles. The third-order valence-electron chi connectivity index (χ3n) is 1.18. The van der Waals surface area contributed by atoms with Crippen molar-refractivity contribution in [3.05, 3.63) is 0 Å². The van der Waals surface area contributed by atoms with Crippen LogP contribution in [-0.2, 0) is 4.74 Å². The summed E-state index contributed by atoms with van der Waals surface area (Å²) >= 11 is 1.40. The Morgan fingerprint density at radius 3 is 1.77 bits per heavy atom. The zero-order valence-electron chi connectivity index (χ0n) is 8.66. The van der Waals surface area contributed by atoms with Gasteiger partial charge in [0.1, 0.15) is 0 Å². The van der Waals surface area contributed by atoms with E-state index in [9.17, 15) is 0 Å². The van der Waals surface area contributed by atoms with E-state index in [1.165, 1.54) is 44.4 Å². The number of ether oxygens (including phenoxy) is 1. The molecule has 3 nitrogen and oxygen atoms in total. The summed E-state index contributed by atoms with van der Waals surface area (Å²) in [6, 6.07) is 0. The molecule has 0 unspecified atom stereocenters. The van der Waals surface area contributed by atoms with Crippen LogP contribution in [0.3, 0.4) is 0 Å². The largest absolute Gasteiger partial charge is 0.394 e. The van der Waals surface area contributed by atoms with Crippen molar-refractivity contribution in [2.45, 2.75) is 23.4 Å². The van der Waals surface area contributed by atoms with Crippen LogP contribution in [0.25, 0.3) is 0 Å². The molecule has 0 aromatic rings. The van der Waals surface area contributed by atoms with Gasteiger partial charge in [0.25, 0.3) is 0 Å². The molecule has 0 aliphatic rings. The summed E-state index contributed by atoms with van der Waals surface area (Å²) in [5, 5.41) is 16.2. The van der Waals surface area contributed by atoms with Gasteiger partial charge in [0.05, 0.1) is 26.4 Å². The number of aliphatic hydroxyl groups is 2. The van der Waals surface area contributed by atoms with E-state index < -0.39 is 0 Å². The van der Waals surface area contributed by atoms with Crippen LogP contribution >= 0.6 is 12.4 Å². The van der Waals surface area contributed by atoms with Crippen molar-refractivity contribution in [2.24, 2.45) is 0 Å². The van der Waals surface area contributed by atoms with Crippen LogP contribution < -0.4 is 0 Å². The van der Waals surface area contributed by atoms with Gasteiger partial charge in [0, 0.05) is 0 Å². The third kappa shape index (κ3) is 32.0. The van der Waals surface area contributed by atoms with Crippen molar-refractivity contribution in [3.63, 3.8) is 0 Å². The van der Waals surface area contributed by atoms with Crippen LogP contribution in [0.5, 0.6) is 0 Å². The average molecular weight is 223 g/mol. The summed E-state index contributed by atoms with van der Waals surface area (Å²) in [6.07, 6.45) is 2.83. The third-order valence-corrected chi connectivity index (χ3v) is 1.89. The van der Waals surface area contributed by atoms with Crippen LogP contribution in [-0.4, -0.2) is 64.6 Å². The van der Waals surface area contributed by atoms with Gasteiger partial charge in [0.2, 0.25) is 0 Å². The summed E-state index contributed by atoms with van der Waals surface area (Å²) in [5.74, 6) is 0. The first-order chi connectivity index (χ1) is 5.83. The molecule has 0 saturated heterocycles. The van der Waals surface area contributed by atoms with Gasteiger partial charge >= 0.3 is 51.4 Å². The van der Waals surface area contributed by atoms with Gasteiger partial charge in [-0.3, -0.25) is 0 Å². The van der Waals surface area contributed by atoms with E-state index in [-0.39, 0.29) is 25.6 Å². The summed E-state index contributed by atoms with van der Waals surface area (Å²) in [7, 11) is 0. The van der Waals surface area contributed by atoms with Gasteiger partial charge in [-0.2, -0.15) is 0 Å². The second-order valence-corrected chi connectivity index (χ2v) is 3.41. The zero-order valence-corrected chi connectivity index (χ0v) is 11.5. The molecule has 0 aromatic carbocycles. The Morgan fingerprint density at radius 2 is 1.62 bits per heavy atom. The summed E-state index contributed by atoms with van der Waals surface area (Å²) < 4.78 is 6.11. The molecule has 0 fully saturated rings. The van der Waals surface area contributed by atoms with E-state index in [4.69, 9.17) is 10.2 Å². The van der Waals surface area contributed by atoms with Gasteiger partial charge in [-0.05, 0) is 0 Å². The molecule has 0 amide bonds. The Labute approximate surface area is 105 Å². The van der Waals surface area contributed by atoms with Crippen molar-refractivity contribution >= 4 is 40.3 Å². The maximum Gasteiger partial charge on any atom is 0.0698 e. The molecule has 0 radical (unpaired) electrons. The van der Waals surface area contributed by atoms with Crippen LogP contribution in [0.1, 0.15) is 19.8 Å². The van der Waals surface area contributed by atoms with Gasteiger partial charge in [-0.15, -0.1) is 12.4 Å². The minimum absolute atomic E-state index is 0. The molecule has 13 heavy (non-hydrogen) atoms. The summed E-state index contributed by atoms with van der Waals surface area (Å²) in [6.45, 7) is 2.93. The van der Waals surface area contributed by atoms with Crippen LogP contribution in [0.2, 0.25) is 3.67 Å². The van der Waals surface area contributed by atoms with E-state index in [1.807, 2.05) is 0 Å². The van der Waals surface area contributed by atoms with E-state index in [1.54, 1.807) is 0 Å². The van der Waals surface area contributed by atoms with Crippen molar-refractivity contribution in [1.82, 2.24) is 0 Å². The second kappa shape index (κ2) is 23.2. The smallest absolute Gasteiger partial charge is 0.0698 e. The van der Waals surface area contributed by atoms with Crippen molar-refractivity contribution in [3.8, 4) is 0 Å². The van der Waals surface area contributed by atoms with E-state index in [0.29, 0.717) is 13.2 Å². The van der Waals surface area contributed by atoms with Crippen molar-refractivity contribution in [2.75, 3.05) is 26.4 Å². The molecular weight excluding hydrogens is 203 g/mol. The van der Waals surface area contributed by atoms with Gasteiger partial charge < -0.3 is 14.9 Å². The predicted molar refractivity (Wildman–Crippen MR) is 57.7 cm³/mol. The van der Waals surface area contributed by atoms with E-state index >= 15 is 0 Å². The van der Waals surface area contributed by atoms with Crippen molar-refractivity contribution in [1.29, 1.82) is 0 Å². The summed E-state index contributed by atoms with van der Waals surface area (Å²) in [4.78, 5) is 0. The standard InChI is InChI=1S/C4H10O3.C4H9.ClH.Na/c5-1-3-7-4-2-6;1-3-4-2;;/h5-6H,1-4H2;1,3-4H2,2H3;1H;. The van der Waals surface area contributed by atoms with E-state index in [0.717, 1.165) is 0 Å². The molecule has 5 heteroatoms. The quantitative estimate of drug-likeness (QED) is 0.516. The Balaban J connectivity index is -0.000000150. The predicted octanol–water partition coefficient (Wildman–Crippen LogP) is 0.783. The molecule has 0 aliphatic heterocycles. The topological polar surface area (TPSA) is 49.7 Å². The Bertz CT molecular complexity index is 61.4. The molecule has 78 valence electrons. The van der Waals surface area contributed by atoms with E-state index in [2.05, 4.69) is 11.7 Å². The fourth-order valence-corrected chi connectivity index (χ4v) is 1.29. The van der Waals surface area contributed by atoms with Gasteiger partial charge in [-0.25, -0.2) is 0 Å². The Kier molecular flexibility index (Phi) is 35.1. The molecule has 0 saturated carbocycles. The maximum absolute atomic E-state index is 8.09. The van der Waals surface area contributed by atoms with Crippen LogP contribution in [0.4, 0.5) is 0 Å². The number of hydrogen-bond donors (Lipinski definition) is 2. The molecule has 2 N–H and O–H groups in total. The fourth-order valence-electron chi connectivity index (χ4n) is 0.585. The Hall–Kier alpha value is 1.17. The number of rotatable bonds is 6. The molecular formula is C8H20ClNaO3. The zero-order chi connectivity index (χ0) is 9.66. The van der Waals surface area contributed by atoms with Crippen LogP contribution in [0, 0.1) is 0 Å². The maximum atomic E-state index is 8.09. The summed E-state index contributed by atoms with van der Waals surface area (Å²) in [5.41, 5.74) is 0. The molecule has 0 spiro atoms. The first-order valence-corrected chi connectivity index (χ1v) is 6.04. The Morgan fingerprint density at radius 1 is 1.15 bits per heavy atom. The first kappa shape index (κ1) is 19.7. The number of hydrogen-bond acceptors (Lipinski definition) is 3. The monoisotopic (exact) mass is 222 g/mol. The first-order valence-electron chi connectivity index (χ1n) is 4.62. The van der Waals surface area contributed by atoms with Gasteiger partial charge in [0.15, 0.2) is 0 Å². The minimum atomic E-state index is 0. The normalized spacial score (nSPS) is 8.38. The second-order valence-electron chi connectivity index (χ2n) is 2.41. The molecule has 0 aromatic heterocycles.